The molecule has 1 heterocycles. The normalized spacial score (nSPS) is 28.2. The fraction of sp³-hybridized carbons (Fsp3) is 0.833. The van der Waals surface area contributed by atoms with Gasteiger partial charge in [-0.05, 0) is 12.3 Å². The van der Waals surface area contributed by atoms with E-state index in [0.717, 1.165) is 0 Å². The molecule has 1 aliphatic heterocycles. The van der Waals surface area contributed by atoms with Gasteiger partial charge in [0, 0.05) is 6.54 Å². The van der Waals surface area contributed by atoms with Crippen LogP contribution >= 0.6 is 0 Å². The highest BCUT2D eigenvalue weighted by molar-refractivity contribution is 7.91. The van der Waals surface area contributed by atoms with Crippen LogP contribution in [0.3, 0.4) is 0 Å². The maximum atomic E-state index is 10.9. The van der Waals surface area contributed by atoms with E-state index in [9.17, 15) is 13.2 Å². The van der Waals surface area contributed by atoms with E-state index < -0.39 is 9.84 Å². The zero-order valence-electron chi connectivity index (χ0n) is 6.12. The van der Waals surface area contributed by atoms with Gasteiger partial charge in [0.25, 0.3) is 0 Å². The van der Waals surface area contributed by atoms with Gasteiger partial charge >= 0.3 is 0 Å². The lowest BCUT2D eigenvalue weighted by Crippen LogP contribution is -2.21. The second-order valence-electron chi connectivity index (χ2n) is 2.80. The number of nitrogens with one attached hydrogen (secondary N) is 1. The van der Waals surface area contributed by atoms with Crippen LogP contribution in [0.15, 0.2) is 0 Å². The first-order valence-electron chi connectivity index (χ1n) is 3.51. The summed E-state index contributed by atoms with van der Waals surface area (Å²) in [5, 5.41) is 2.48. The third-order valence-electron chi connectivity index (χ3n) is 1.82. The van der Waals surface area contributed by atoms with E-state index >= 15 is 0 Å². The van der Waals surface area contributed by atoms with Gasteiger partial charge in [-0.15, -0.1) is 0 Å². The average molecular weight is 177 g/mol. The van der Waals surface area contributed by atoms with Gasteiger partial charge in [0.1, 0.15) is 0 Å². The zero-order chi connectivity index (χ0) is 8.32. The number of carbonyl (C=O) groups is 1. The summed E-state index contributed by atoms with van der Waals surface area (Å²) in [4.78, 5) is 9.86. The first-order valence-corrected chi connectivity index (χ1v) is 5.33. The maximum absolute atomic E-state index is 10.9. The van der Waals surface area contributed by atoms with Crippen LogP contribution in [0.25, 0.3) is 0 Å². The van der Waals surface area contributed by atoms with Crippen molar-refractivity contribution in [3.63, 3.8) is 0 Å². The average Bonchev–Trinajstić information content (AvgIpc) is 2.26. The quantitative estimate of drug-likeness (QED) is 0.572. The van der Waals surface area contributed by atoms with E-state index in [-0.39, 0.29) is 17.4 Å². The highest BCUT2D eigenvalue weighted by Crippen LogP contribution is 2.16. The molecule has 4 nitrogen and oxygen atoms in total. The molecule has 0 saturated carbocycles. The number of amides is 1. The summed E-state index contributed by atoms with van der Waals surface area (Å²) in [6, 6.07) is 0. The Balaban J connectivity index is 2.36. The van der Waals surface area contributed by atoms with Gasteiger partial charge in [0.05, 0.1) is 11.5 Å². The maximum Gasteiger partial charge on any atom is 0.207 e. The summed E-state index contributed by atoms with van der Waals surface area (Å²) < 4.78 is 21.8. The van der Waals surface area contributed by atoms with Gasteiger partial charge in [-0.1, -0.05) is 0 Å². The third-order valence-corrected chi connectivity index (χ3v) is 3.65. The molecule has 0 aromatic heterocycles. The molecule has 0 aromatic carbocycles. The molecule has 0 radical (unpaired) electrons. The topological polar surface area (TPSA) is 63.2 Å². The third kappa shape index (κ3) is 2.49. The second kappa shape index (κ2) is 3.21. The lowest BCUT2D eigenvalue weighted by atomic mass is 10.1. The summed E-state index contributed by atoms with van der Waals surface area (Å²) in [7, 11) is -2.78. The summed E-state index contributed by atoms with van der Waals surface area (Å²) in [5.41, 5.74) is 0. The van der Waals surface area contributed by atoms with Crippen molar-refractivity contribution in [1.29, 1.82) is 0 Å². The smallest absolute Gasteiger partial charge is 0.207 e. The van der Waals surface area contributed by atoms with Crippen LogP contribution in [0, 0.1) is 5.92 Å². The molecule has 1 N–H and O–H groups in total. The molecule has 1 atom stereocenters. The Morgan fingerprint density at radius 1 is 1.55 bits per heavy atom. The monoisotopic (exact) mass is 177 g/mol. The molecular formula is C6H11NO3S. The molecule has 5 heteroatoms. The zero-order valence-corrected chi connectivity index (χ0v) is 6.93. The molecule has 64 valence electrons. The van der Waals surface area contributed by atoms with Crippen molar-refractivity contribution < 1.29 is 13.2 Å². The van der Waals surface area contributed by atoms with E-state index in [1.54, 1.807) is 0 Å². The molecule has 1 amide bonds. The lowest BCUT2D eigenvalue weighted by Gasteiger charge is -2.03. The minimum absolute atomic E-state index is 0.130. The molecule has 1 unspecified atom stereocenters. The molecule has 0 aliphatic carbocycles. The molecule has 1 saturated heterocycles. The van der Waals surface area contributed by atoms with Crippen LogP contribution in [0.5, 0.6) is 0 Å². The van der Waals surface area contributed by atoms with Crippen LogP contribution in [0.4, 0.5) is 0 Å². The predicted octanol–water partition coefficient (Wildman–Crippen LogP) is -0.833. The van der Waals surface area contributed by atoms with Gasteiger partial charge < -0.3 is 5.32 Å². The van der Waals surface area contributed by atoms with Crippen molar-refractivity contribution in [2.45, 2.75) is 6.42 Å². The summed E-state index contributed by atoms with van der Waals surface area (Å²) >= 11 is 0. The van der Waals surface area contributed by atoms with Crippen molar-refractivity contribution >= 4 is 16.2 Å². The Kier molecular flexibility index (Phi) is 2.49. The highest BCUT2D eigenvalue weighted by Gasteiger charge is 2.27. The number of sulfone groups is 1. The van der Waals surface area contributed by atoms with Gasteiger partial charge in [0.2, 0.25) is 6.41 Å². The van der Waals surface area contributed by atoms with Crippen molar-refractivity contribution in [3.8, 4) is 0 Å². The van der Waals surface area contributed by atoms with E-state index in [4.69, 9.17) is 0 Å². The van der Waals surface area contributed by atoms with Crippen LogP contribution in [-0.2, 0) is 14.6 Å². The number of rotatable bonds is 3. The lowest BCUT2D eigenvalue weighted by molar-refractivity contribution is -0.109. The van der Waals surface area contributed by atoms with Crippen molar-refractivity contribution in [3.05, 3.63) is 0 Å². The molecule has 0 bridgehead atoms. The molecule has 0 aromatic rings. The van der Waals surface area contributed by atoms with Gasteiger partial charge in [-0.25, -0.2) is 8.42 Å². The van der Waals surface area contributed by atoms with E-state index in [1.165, 1.54) is 0 Å². The van der Waals surface area contributed by atoms with Crippen molar-refractivity contribution in [1.82, 2.24) is 5.32 Å². The summed E-state index contributed by atoms with van der Waals surface area (Å²) in [6.45, 7) is 0.489. The van der Waals surface area contributed by atoms with Gasteiger partial charge in [-0.3, -0.25) is 4.79 Å². The molecule has 1 fully saturated rings. The van der Waals surface area contributed by atoms with Crippen LogP contribution < -0.4 is 5.32 Å². The van der Waals surface area contributed by atoms with Crippen molar-refractivity contribution in [2.75, 3.05) is 18.1 Å². The van der Waals surface area contributed by atoms with Crippen molar-refractivity contribution in [2.24, 2.45) is 5.92 Å². The first-order chi connectivity index (χ1) is 5.14. The predicted molar refractivity (Wildman–Crippen MR) is 40.8 cm³/mol. The number of carbonyl (C=O) groups excluding carboxylic acids is 1. The Bertz CT molecular complexity index is 234. The van der Waals surface area contributed by atoms with Gasteiger partial charge in [-0.2, -0.15) is 0 Å². The second-order valence-corrected chi connectivity index (χ2v) is 5.02. The molecule has 1 rings (SSSR count). The minimum Gasteiger partial charge on any atom is -0.358 e. The molecule has 1 aliphatic rings. The number of hydrogen-bond donors (Lipinski definition) is 1. The van der Waals surface area contributed by atoms with E-state index in [0.29, 0.717) is 19.4 Å². The molecule has 11 heavy (non-hydrogen) atoms. The standard InChI is InChI=1S/C6H11NO3S/c8-5-7-3-6-1-2-11(9,10)4-6/h5-6H,1-4H2,(H,7,8). The van der Waals surface area contributed by atoms with Gasteiger partial charge in [0.15, 0.2) is 9.84 Å². The van der Waals surface area contributed by atoms with Crippen LogP contribution in [0.1, 0.15) is 6.42 Å². The van der Waals surface area contributed by atoms with Crippen LogP contribution in [0.2, 0.25) is 0 Å². The minimum atomic E-state index is -2.78. The van der Waals surface area contributed by atoms with E-state index in [2.05, 4.69) is 5.32 Å². The Hall–Kier alpha value is -0.580. The Morgan fingerprint density at radius 2 is 2.27 bits per heavy atom. The SMILES string of the molecule is O=CNCC1CCS(=O)(=O)C1. The Labute approximate surface area is 65.9 Å². The summed E-state index contributed by atoms with van der Waals surface area (Å²) in [6.07, 6.45) is 1.29. The van der Waals surface area contributed by atoms with E-state index in [1.807, 2.05) is 0 Å². The largest absolute Gasteiger partial charge is 0.358 e. The molecular weight excluding hydrogens is 166 g/mol. The Morgan fingerprint density at radius 3 is 2.73 bits per heavy atom. The van der Waals surface area contributed by atoms with Crippen LogP contribution in [-0.4, -0.2) is 32.9 Å². The number of hydrogen-bond acceptors (Lipinski definition) is 3. The fourth-order valence-electron chi connectivity index (χ4n) is 1.25. The first kappa shape index (κ1) is 8.52. The summed E-state index contributed by atoms with van der Waals surface area (Å²) in [5.74, 6) is 0.636. The fourth-order valence-corrected chi connectivity index (χ4v) is 3.11. The molecule has 0 spiro atoms. The highest BCUT2D eigenvalue weighted by atomic mass is 32.2.